The van der Waals surface area contributed by atoms with E-state index in [0.29, 0.717) is 12.1 Å². The summed E-state index contributed by atoms with van der Waals surface area (Å²) in [5, 5.41) is 12.5. The predicted octanol–water partition coefficient (Wildman–Crippen LogP) is 3.20. The molecule has 2 amide bonds. The standard InChI is InChI=1S/C19H26N4O2/c1-12(2)11-17(24)22-18(13(3)4)19(25)21-15-7-5-14(6-8-15)16-9-10-20-23-16/h5-10,12-13,18H,11H2,1-4H3,(H,20,23)(H,21,25)(H,22,24)/t18-/m1/s1. The van der Waals surface area contributed by atoms with Gasteiger partial charge in [-0.1, -0.05) is 39.8 Å². The lowest BCUT2D eigenvalue weighted by Gasteiger charge is -2.22. The maximum absolute atomic E-state index is 12.5. The molecular weight excluding hydrogens is 316 g/mol. The number of aromatic nitrogens is 2. The summed E-state index contributed by atoms with van der Waals surface area (Å²) in [4.78, 5) is 24.5. The average Bonchev–Trinajstić information content (AvgIpc) is 3.06. The third-order valence-corrected chi connectivity index (χ3v) is 3.82. The minimum atomic E-state index is -0.557. The van der Waals surface area contributed by atoms with Crippen molar-refractivity contribution in [2.24, 2.45) is 11.8 Å². The van der Waals surface area contributed by atoms with Crippen LogP contribution in [0, 0.1) is 11.8 Å². The number of H-pyrrole nitrogens is 1. The van der Waals surface area contributed by atoms with Gasteiger partial charge in [0, 0.05) is 18.3 Å². The quantitative estimate of drug-likeness (QED) is 0.722. The summed E-state index contributed by atoms with van der Waals surface area (Å²) >= 11 is 0. The lowest BCUT2D eigenvalue weighted by atomic mass is 10.0. The van der Waals surface area contributed by atoms with Crippen molar-refractivity contribution >= 4 is 17.5 Å². The highest BCUT2D eigenvalue weighted by molar-refractivity contribution is 5.97. The number of rotatable bonds is 7. The SMILES string of the molecule is CC(C)CC(=O)N[C@@H](C(=O)Nc1ccc(-c2ccn[nH]2)cc1)C(C)C. The maximum atomic E-state index is 12.5. The highest BCUT2D eigenvalue weighted by Crippen LogP contribution is 2.19. The molecule has 0 aliphatic rings. The molecule has 6 heteroatoms. The molecule has 0 aliphatic heterocycles. The first-order chi connectivity index (χ1) is 11.9. The molecule has 134 valence electrons. The van der Waals surface area contributed by atoms with E-state index < -0.39 is 6.04 Å². The Kier molecular flexibility index (Phi) is 6.33. The second-order valence-corrected chi connectivity index (χ2v) is 6.92. The van der Waals surface area contributed by atoms with Crippen molar-refractivity contribution in [1.82, 2.24) is 15.5 Å². The third kappa shape index (κ3) is 5.45. The van der Waals surface area contributed by atoms with Gasteiger partial charge in [-0.2, -0.15) is 5.10 Å². The van der Waals surface area contributed by atoms with Crippen molar-refractivity contribution in [3.8, 4) is 11.3 Å². The number of carbonyl (C=O) groups excluding carboxylic acids is 2. The van der Waals surface area contributed by atoms with Crippen molar-refractivity contribution in [3.05, 3.63) is 36.5 Å². The van der Waals surface area contributed by atoms with Crippen LogP contribution in [0.1, 0.15) is 34.1 Å². The van der Waals surface area contributed by atoms with Gasteiger partial charge in [-0.15, -0.1) is 0 Å². The Morgan fingerprint density at radius 3 is 2.28 bits per heavy atom. The summed E-state index contributed by atoms with van der Waals surface area (Å²) in [5.74, 6) is -0.0499. The van der Waals surface area contributed by atoms with E-state index in [4.69, 9.17) is 0 Å². The van der Waals surface area contributed by atoms with Crippen LogP contribution in [0.4, 0.5) is 5.69 Å². The fraction of sp³-hybridized carbons (Fsp3) is 0.421. The molecular formula is C19H26N4O2. The summed E-state index contributed by atoms with van der Waals surface area (Å²) in [6, 6.07) is 8.81. The van der Waals surface area contributed by atoms with Crippen molar-refractivity contribution in [2.45, 2.75) is 40.2 Å². The number of carbonyl (C=O) groups is 2. The van der Waals surface area contributed by atoms with Crippen LogP contribution in [0.15, 0.2) is 36.5 Å². The molecule has 0 fully saturated rings. The number of amides is 2. The number of benzene rings is 1. The normalized spacial score (nSPS) is 12.2. The molecule has 1 aromatic carbocycles. The van der Waals surface area contributed by atoms with Crippen molar-refractivity contribution in [3.63, 3.8) is 0 Å². The zero-order valence-electron chi connectivity index (χ0n) is 15.2. The smallest absolute Gasteiger partial charge is 0.247 e. The zero-order chi connectivity index (χ0) is 18.4. The van der Waals surface area contributed by atoms with E-state index in [1.807, 2.05) is 58.0 Å². The van der Waals surface area contributed by atoms with Crippen LogP contribution < -0.4 is 10.6 Å². The molecule has 0 saturated heterocycles. The molecule has 1 aromatic heterocycles. The fourth-order valence-corrected chi connectivity index (χ4v) is 2.51. The largest absolute Gasteiger partial charge is 0.344 e. The lowest BCUT2D eigenvalue weighted by Crippen LogP contribution is -2.47. The molecule has 25 heavy (non-hydrogen) atoms. The number of nitrogens with one attached hydrogen (secondary N) is 3. The molecule has 1 heterocycles. The van der Waals surface area contributed by atoms with Crippen molar-refractivity contribution in [1.29, 1.82) is 0 Å². The van der Waals surface area contributed by atoms with E-state index in [-0.39, 0.29) is 23.7 Å². The van der Waals surface area contributed by atoms with Crippen LogP contribution in [0.2, 0.25) is 0 Å². The Hall–Kier alpha value is -2.63. The first-order valence-electron chi connectivity index (χ1n) is 8.57. The molecule has 0 radical (unpaired) electrons. The summed E-state index contributed by atoms with van der Waals surface area (Å²) in [5.41, 5.74) is 2.59. The third-order valence-electron chi connectivity index (χ3n) is 3.82. The van der Waals surface area contributed by atoms with E-state index in [2.05, 4.69) is 20.8 Å². The van der Waals surface area contributed by atoms with E-state index in [1.165, 1.54) is 0 Å². The van der Waals surface area contributed by atoms with Gasteiger partial charge in [0.2, 0.25) is 11.8 Å². The Labute approximate surface area is 148 Å². The molecule has 6 nitrogen and oxygen atoms in total. The Bertz CT molecular complexity index is 691. The summed E-state index contributed by atoms with van der Waals surface area (Å²) < 4.78 is 0. The van der Waals surface area contributed by atoms with E-state index >= 15 is 0 Å². The number of nitrogens with zero attached hydrogens (tertiary/aromatic N) is 1. The van der Waals surface area contributed by atoms with Gasteiger partial charge in [0.1, 0.15) is 6.04 Å². The van der Waals surface area contributed by atoms with Crippen LogP contribution in [0.3, 0.4) is 0 Å². The van der Waals surface area contributed by atoms with E-state index in [0.717, 1.165) is 11.3 Å². The molecule has 0 unspecified atom stereocenters. The van der Waals surface area contributed by atoms with Gasteiger partial charge >= 0.3 is 0 Å². The molecule has 0 spiro atoms. The molecule has 2 rings (SSSR count). The minimum Gasteiger partial charge on any atom is -0.344 e. The van der Waals surface area contributed by atoms with Gasteiger partial charge in [-0.05, 0) is 35.6 Å². The zero-order valence-corrected chi connectivity index (χ0v) is 15.2. The number of hydrogen-bond donors (Lipinski definition) is 3. The molecule has 2 aromatic rings. The number of aromatic amines is 1. The Morgan fingerprint density at radius 1 is 1.08 bits per heavy atom. The fourth-order valence-electron chi connectivity index (χ4n) is 2.51. The van der Waals surface area contributed by atoms with Gasteiger partial charge in [0.25, 0.3) is 0 Å². The molecule has 1 atom stereocenters. The second-order valence-electron chi connectivity index (χ2n) is 6.92. The summed E-state index contributed by atoms with van der Waals surface area (Å²) in [7, 11) is 0. The highest BCUT2D eigenvalue weighted by atomic mass is 16.2. The van der Waals surface area contributed by atoms with E-state index in [1.54, 1.807) is 6.20 Å². The predicted molar refractivity (Wildman–Crippen MR) is 98.9 cm³/mol. The van der Waals surface area contributed by atoms with Crippen molar-refractivity contribution in [2.75, 3.05) is 5.32 Å². The van der Waals surface area contributed by atoms with Gasteiger partial charge in [0.15, 0.2) is 0 Å². The first kappa shape index (κ1) is 18.7. The van der Waals surface area contributed by atoms with Crippen LogP contribution in [0.25, 0.3) is 11.3 Å². The van der Waals surface area contributed by atoms with Gasteiger partial charge in [-0.25, -0.2) is 0 Å². The molecule has 0 bridgehead atoms. The van der Waals surface area contributed by atoms with Crippen LogP contribution >= 0.6 is 0 Å². The van der Waals surface area contributed by atoms with Gasteiger partial charge in [-0.3, -0.25) is 14.7 Å². The second kappa shape index (κ2) is 8.46. The van der Waals surface area contributed by atoms with Crippen molar-refractivity contribution < 1.29 is 9.59 Å². The van der Waals surface area contributed by atoms with Crippen LogP contribution in [-0.2, 0) is 9.59 Å². The first-order valence-corrected chi connectivity index (χ1v) is 8.57. The van der Waals surface area contributed by atoms with Gasteiger partial charge in [0.05, 0.1) is 5.69 Å². The van der Waals surface area contributed by atoms with Crippen LogP contribution in [-0.4, -0.2) is 28.1 Å². The topological polar surface area (TPSA) is 86.9 Å². The monoisotopic (exact) mass is 342 g/mol. The lowest BCUT2D eigenvalue weighted by molar-refractivity contribution is -0.127. The molecule has 0 aliphatic carbocycles. The minimum absolute atomic E-state index is 0.000351. The highest BCUT2D eigenvalue weighted by Gasteiger charge is 2.24. The Balaban J connectivity index is 2.01. The van der Waals surface area contributed by atoms with Gasteiger partial charge < -0.3 is 10.6 Å². The number of anilines is 1. The number of hydrogen-bond acceptors (Lipinski definition) is 3. The van der Waals surface area contributed by atoms with Crippen LogP contribution in [0.5, 0.6) is 0 Å². The average molecular weight is 342 g/mol. The molecule has 3 N–H and O–H groups in total. The Morgan fingerprint density at radius 2 is 1.76 bits per heavy atom. The summed E-state index contributed by atoms with van der Waals surface area (Å²) in [6.45, 7) is 7.79. The maximum Gasteiger partial charge on any atom is 0.247 e. The summed E-state index contributed by atoms with van der Waals surface area (Å²) in [6.07, 6.45) is 2.10. The molecule has 0 saturated carbocycles. The van der Waals surface area contributed by atoms with E-state index in [9.17, 15) is 9.59 Å².